The molecule has 0 aliphatic carbocycles. The van der Waals surface area contributed by atoms with E-state index in [2.05, 4.69) is 16.4 Å². The second-order valence-electron chi connectivity index (χ2n) is 4.18. The summed E-state index contributed by atoms with van der Waals surface area (Å²) in [7, 11) is 1.82. The molecule has 4 heteroatoms. The summed E-state index contributed by atoms with van der Waals surface area (Å²) in [6, 6.07) is 12.2. The number of imidazole rings is 1. The van der Waals surface area contributed by atoms with Crippen LogP contribution in [0.3, 0.4) is 0 Å². The maximum Gasteiger partial charge on any atom is 0.133 e. The van der Waals surface area contributed by atoms with Crippen LogP contribution < -0.4 is 5.32 Å². The predicted molar refractivity (Wildman–Crippen MR) is 69.6 cm³/mol. The third-order valence-corrected chi connectivity index (χ3v) is 3.19. The molecule has 0 aliphatic rings. The van der Waals surface area contributed by atoms with Gasteiger partial charge in [0.1, 0.15) is 5.54 Å². The van der Waals surface area contributed by atoms with E-state index >= 15 is 0 Å². The van der Waals surface area contributed by atoms with Gasteiger partial charge in [-0.15, -0.1) is 0 Å². The lowest BCUT2D eigenvalue weighted by Crippen LogP contribution is -2.39. The molecule has 1 atom stereocenters. The van der Waals surface area contributed by atoms with Gasteiger partial charge in [-0.25, -0.2) is 4.98 Å². The average Bonchev–Trinajstić information content (AvgIpc) is 2.95. The fourth-order valence-corrected chi connectivity index (χ4v) is 2.03. The lowest BCUT2D eigenvalue weighted by Gasteiger charge is -2.26. The topological polar surface area (TPSA) is 53.6 Å². The Morgan fingerprint density at radius 2 is 2.17 bits per heavy atom. The van der Waals surface area contributed by atoms with Crippen LogP contribution in [0.25, 0.3) is 0 Å². The van der Waals surface area contributed by atoms with Crippen molar-refractivity contribution in [2.75, 3.05) is 7.05 Å². The quantitative estimate of drug-likeness (QED) is 0.868. The van der Waals surface area contributed by atoms with Gasteiger partial charge in [-0.1, -0.05) is 30.3 Å². The highest BCUT2D eigenvalue weighted by Crippen LogP contribution is 2.24. The van der Waals surface area contributed by atoms with Crippen molar-refractivity contribution in [3.8, 4) is 6.07 Å². The van der Waals surface area contributed by atoms with Crippen LogP contribution in [0, 0.1) is 11.3 Å². The SMILES string of the molecule is CNC(C#N)(CCn1ccnc1)c1ccccc1. The normalized spacial score (nSPS) is 13.8. The van der Waals surface area contributed by atoms with E-state index in [1.165, 1.54) is 0 Å². The number of nitrogens with one attached hydrogen (secondary N) is 1. The summed E-state index contributed by atoms with van der Waals surface area (Å²) >= 11 is 0. The molecule has 0 saturated carbocycles. The number of hydrogen-bond donors (Lipinski definition) is 1. The fraction of sp³-hybridized carbons (Fsp3) is 0.286. The third kappa shape index (κ3) is 2.41. The molecule has 1 unspecified atom stereocenters. The maximum absolute atomic E-state index is 9.52. The van der Waals surface area contributed by atoms with E-state index in [-0.39, 0.29) is 0 Å². The van der Waals surface area contributed by atoms with Gasteiger partial charge in [0.25, 0.3) is 0 Å². The molecule has 92 valence electrons. The minimum absolute atomic E-state index is 0.647. The molecule has 0 aliphatic heterocycles. The number of rotatable bonds is 5. The van der Waals surface area contributed by atoms with Gasteiger partial charge >= 0.3 is 0 Å². The summed E-state index contributed by atoms with van der Waals surface area (Å²) in [6.07, 6.45) is 6.11. The molecule has 0 saturated heterocycles. The Balaban J connectivity index is 2.20. The molecule has 1 N–H and O–H groups in total. The van der Waals surface area contributed by atoms with Crippen LogP contribution in [0.5, 0.6) is 0 Å². The molecular weight excluding hydrogens is 224 g/mol. The number of nitrogens with zero attached hydrogens (tertiary/aromatic N) is 3. The second-order valence-corrected chi connectivity index (χ2v) is 4.18. The van der Waals surface area contributed by atoms with Gasteiger partial charge in [-0.2, -0.15) is 5.26 Å². The van der Waals surface area contributed by atoms with Gasteiger partial charge in [0.2, 0.25) is 0 Å². The van der Waals surface area contributed by atoms with Crippen molar-refractivity contribution in [1.82, 2.24) is 14.9 Å². The van der Waals surface area contributed by atoms with E-state index in [4.69, 9.17) is 0 Å². The first kappa shape index (κ1) is 12.3. The Labute approximate surface area is 107 Å². The molecule has 18 heavy (non-hydrogen) atoms. The van der Waals surface area contributed by atoms with Gasteiger partial charge in [0.15, 0.2) is 0 Å². The van der Waals surface area contributed by atoms with Crippen molar-refractivity contribution in [2.45, 2.75) is 18.5 Å². The second kappa shape index (κ2) is 5.48. The lowest BCUT2D eigenvalue weighted by molar-refractivity contribution is 0.402. The molecule has 2 rings (SSSR count). The van der Waals surface area contributed by atoms with Crippen molar-refractivity contribution >= 4 is 0 Å². The van der Waals surface area contributed by atoms with E-state index in [0.717, 1.165) is 12.1 Å². The van der Waals surface area contributed by atoms with E-state index in [0.29, 0.717) is 6.42 Å². The number of benzene rings is 1. The summed E-state index contributed by atoms with van der Waals surface area (Å²) in [5.74, 6) is 0. The van der Waals surface area contributed by atoms with E-state index in [1.54, 1.807) is 12.5 Å². The van der Waals surface area contributed by atoms with Crippen LogP contribution in [-0.2, 0) is 12.1 Å². The van der Waals surface area contributed by atoms with Gasteiger partial charge in [0, 0.05) is 25.4 Å². The van der Waals surface area contributed by atoms with Crippen LogP contribution in [0.15, 0.2) is 49.1 Å². The van der Waals surface area contributed by atoms with Crippen molar-refractivity contribution in [3.63, 3.8) is 0 Å². The number of nitriles is 1. The van der Waals surface area contributed by atoms with E-state index < -0.39 is 5.54 Å². The van der Waals surface area contributed by atoms with Crippen molar-refractivity contribution in [3.05, 3.63) is 54.6 Å². The molecule has 1 aromatic carbocycles. The zero-order valence-electron chi connectivity index (χ0n) is 10.4. The molecule has 1 aromatic heterocycles. The summed E-state index contributed by atoms with van der Waals surface area (Å²) in [5.41, 5.74) is 0.348. The summed E-state index contributed by atoms with van der Waals surface area (Å²) in [5, 5.41) is 12.7. The van der Waals surface area contributed by atoms with E-state index in [9.17, 15) is 5.26 Å². The highest BCUT2D eigenvalue weighted by molar-refractivity contribution is 5.31. The Bertz CT molecular complexity index is 512. The van der Waals surface area contributed by atoms with Crippen LogP contribution in [0.1, 0.15) is 12.0 Å². The average molecular weight is 240 g/mol. The minimum atomic E-state index is -0.647. The Hall–Kier alpha value is -2.12. The molecule has 0 bridgehead atoms. The minimum Gasteiger partial charge on any atom is -0.337 e. The van der Waals surface area contributed by atoms with Crippen LogP contribution in [-0.4, -0.2) is 16.6 Å². The Morgan fingerprint density at radius 3 is 2.72 bits per heavy atom. The van der Waals surface area contributed by atoms with Gasteiger partial charge < -0.3 is 4.57 Å². The third-order valence-electron chi connectivity index (χ3n) is 3.19. The molecule has 0 radical (unpaired) electrons. The Morgan fingerprint density at radius 1 is 1.39 bits per heavy atom. The molecule has 2 aromatic rings. The van der Waals surface area contributed by atoms with Crippen LogP contribution in [0.2, 0.25) is 0 Å². The van der Waals surface area contributed by atoms with Crippen molar-refractivity contribution < 1.29 is 0 Å². The first-order valence-electron chi connectivity index (χ1n) is 5.92. The lowest BCUT2D eigenvalue weighted by atomic mass is 9.88. The summed E-state index contributed by atoms with van der Waals surface area (Å²) in [4.78, 5) is 4.01. The van der Waals surface area contributed by atoms with Gasteiger partial charge in [0.05, 0.1) is 12.4 Å². The molecule has 1 heterocycles. The smallest absolute Gasteiger partial charge is 0.133 e. The first-order chi connectivity index (χ1) is 8.80. The highest BCUT2D eigenvalue weighted by Gasteiger charge is 2.29. The van der Waals surface area contributed by atoms with E-state index in [1.807, 2.05) is 48.1 Å². The standard InChI is InChI=1S/C14H16N4/c1-16-14(11-15,13-5-3-2-4-6-13)7-9-18-10-8-17-12-18/h2-6,8,10,12,16H,7,9H2,1H3. The molecule has 0 amide bonds. The van der Waals surface area contributed by atoms with Crippen LogP contribution >= 0.6 is 0 Å². The largest absolute Gasteiger partial charge is 0.337 e. The number of aryl methyl sites for hydroxylation is 1. The number of hydrogen-bond acceptors (Lipinski definition) is 3. The monoisotopic (exact) mass is 240 g/mol. The van der Waals surface area contributed by atoms with Gasteiger partial charge in [-0.05, 0) is 12.6 Å². The molecule has 0 fully saturated rings. The molecule has 4 nitrogen and oxygen atoms in total. The zero-order valence-corrected chi connectivity index (χ0v) is 10.4. The summed E-state index contributed by atoms with van der Waals surface area (Å²) in [6.45, 7) is 0.753. The maximum atomic E-state index is 9.52. The first-order valence-corrected chi connectivity index (χ1v) is 5.92. The predicted octanol–water partition coefficient (Wildman–Crippen LogP) is 1.91. The molecule has 0 spiro atoms. The van der Waals surface area contributed by atoms with Crippen molar-refractivity contribution in [1.29, 1.82) is 5.26 Å². The summed E-state index contributed by atoms with van der Waals surface area (Å²) < 4.78 is 1.98. The van der Waals surface area contributed by atoms with Crippen LogP contribution in [0.4, 0.5) is 0 Å². The highest BCUT2D eigenvalue weighted by atomic mass is 15.0. The Kier molecular flexibility index (Phi) is 3.75. The van der Waals surface area contributed by atoms with Gasteiger partial charge in [-0.3, -0.25) is 5.32 Å². The van der Waals surface area contributed by atoms with Crippen molar-refractivity contribution in [2.24, 2.45) is 0 Å². The molecular formula is C14H16N4. The number of aromatic nitrogens is 2. The zero-order chi connectivity index (χ0) is 12.8. The fourth-order valence-electron chi connectivity index (χ4n) is 2.03.